The van der Waals surface area contributed by atoms with Crippen LogP contribution in [-0.4, -0.2) is 24.8 Å². The normalized spacial score (nSPS) is 15.4. The second-order valence-corrected chi connectivity index (χ2v) is 10.5. The molecule has 0 aliphatic carbocycles. The number of carbonyl (C=O) groups excluding carboxylic acids is 1. The van der Waals surface area contributed by atoms with Gasteiger partial charge in [0.25, 0.3) is 5.91 Å². The molecule has 1 amide bonds. The van der Waals surface area contributed by atoms with Crippen LogP contribution >= 0.6 is 50.3 Å². The second-order valence-electron chi connectivity index (χ2n) is 7.36. The highest BCUT2D eigenvalue weighted by Gasteiger charge is 2.24. The number of hydrogen-bond acceptors (Lipinski definition) is 6. The molecule has 0 spiro atoms. The van der Waals surface area contributed by atoms with Gasteiger partial charge in [-0.1, -0.05) is 12.1 Å². The number of aliphatic imine (C=N–C) groups is 1. The molecule has 1 N–H and O–H groups in total. The molecule has 0 atom stereocenters. The van der Waals surface area contributed by atoms with Crippen LogP contribution in [-0.2, 0) is 11.4 Å². The number of thioether (sulfide) groups is 1. The maximum Gasteiger partial charge on any atom is 0.264 e. The van der Waals surface area contributed by atoms with E-state index in [4.69, 9.17) is 14.2 Å². The number of nitrogens with one attached hydrogen (secondary N) is 1. The molecule has 0 aromatic heterocycles. The molecular formula is C26H22BrIN2O4S. The van der Waals surface area contributed by atoms with Crippen LogP contribution in [0.25, 0.3) is 6.08 Å². The summed E-state index contributed by atoms with van der Waals surface area (Å²) in [5.74, 6) is 1.76. The zero-order valence-corrected chi connectivity index (χ0v) is 23.6. The van der Waals surface area contributed by atoms with Gasteiger partial charge in [0.2, 0.25) is 0 Å². The Morgan fingerprint density at radius 2 is 1.83 bits per heavy atom. The largest absolute Gasteiger partial charge is 0.494 e. The smallest absolute Gasteiger partial charge is 0.264 e. The lowest BCUT2D eigenvalue weighted by Gasteiger charge is -2.14. The summed E-state index contributed by atoms with van der Waals surface area (Å²) in [7, 11) is 1.59. The van der Waals surface area contributed by atoms with Crippen LogP contribution in [0, 0.1) is 3.57 Å². The maximum atomic E-state index is 12.5. The van der Waals surface area contributed by atoms with E-state index in [-0.39, 0.29) is 5.91 Å². The van der Waals surface area contributed by atoms with Gasteiger partial charge in [0.15, 0.2) is 16.7 Å². The molecule has 1 heterocycles. The van der Waals surface area contributed by atoms with Crippen molar-refractivity contribution < 1.29 is 19.0 Å². The van der Waals surface area contributed by atoms with Gasteiger partial charge >= 0.3 is 0 Å². The Kier molecular flexibility index (Phi) is 8.74. The number of amidine groups is 1. The first-order valence-corrected chi connectivity index (χ1v) is 13.4. The van der Waals surface area contributed by atoms with Crippen LogP contribution < -0.4 is 19.5 Å². The average Bonchev–Trinajstić information content (AvgIpc) is 3.18. The van der Waals surface area contributed by atoms with Crippen molar-refractivity contribution in [1.82, 2.24) is 5.32 Å². The van der Waals surface area contributed by atoms with Gasteiger partial charge in [-0.2, -0.15) is 0 Å². The highest BCUT2D eigenvalue weighted by molar-refractivity contribution is 14.1. The van der Waals surface area contributed by atoms with Crippen LogP contribution in [0.15, 0.2) is 75.0 Å². The minimum absolute atomic E-state index is 0.200. The summed E-state index contributed by atoms with van der Waals surface area (Å²) in [4.78, 5) is 17.6. The maximum absolute atomic E-state index is 12.5. The Morgan fingerprint density at radius 3 is 2.51 bits per heavy atom. The van der Waals surface area contributed by atoms with E-state index in [9.17, 15) is 4.79 Å². The van der Waals surface area contributed by atoms with Crippen molar-refractivity contribution in [3.8, 4) is 17.2 Å². The lowest BCUT2D eigenvalue weighted by atomic mass is 10.2. The van der Waals surface area contributed by atoms with Gasteiger partial charge < -0.3 is 19.5 Å². The van der Waals surface area contributed by atoms with Gasteiger partial charge in [-0.05, 0) is 123 Å². The van der Waals surface area contributed by atoms with Crippen molar-refractivity contribution >= 4 is 73.1 Å². The summed E-state index contributed by atoms with van der Waals surface area (Å²) in [6.07, 6.45) is 1.80. The molecule has 3 aromatic rings. The zero-order chi connectivity index (χ0) is 24.8. The monoisotopic (exact) mass is 664 g/mol. The molecule has 1 aliphatic heterocycles. The van der Waals surface area contributed by atoms with Crippen molar-refractivity contribution in [2.75, 3.05) is 13.7 Å². The zero-order valence-electron chi connectivity index (χ0n) is 19.0. The number of carbonyl (C=O) groups is 1. The fourth-order valence-electron chi connectivity index (χ4n) is 3.23. The predicted molar refractivity (Wildman–Crippen MR) is 153 cm³/mol. The quantitative estimate of drug-likeness (QED) is 0.209. The van der Waals surface area contributed by atoms with Crippen LogP contribution in [0.2, 0.25) is 0 Å². The summed E-state index contributed by atoms with van der Waals surface area (Å²) in [6.45, 7) is 2.96. The van der Waals surface area contributed by atoms with E-state index in [1.165, 1.54) is 15.3 Å². The van der Waals surface area contributed by atoms with Crippen LogP contribution in [0.1, 0.15) is 18.1 Å². The number of ether oxygens (including phenoxy) is 3. The number of rotatable bonds is 8. The molecule has 4 rings (SSSR count). The van der Waals surface area contributed by atoms with E-state index < -0.39 is 0 Å². The van der Waals surface area contributed by atoms with Gasteiger partial charge in [-0.15, -0.1) is 0 Å². The molecule has 35 heavy (non-hydrogen) atoms. The molecule has 6 nitrogen and oxygen atoms in total. The number of hydrogen-bond donors (Lipinski definition) is 1. The van der Waals surface area contributed by atoms with Gasteiger partial charge in [0.05, 0.1) is 28.8 Å². The van der Waals surface area contributed by atoms with Crippen LogP contribution in [0.4, 0.5) is 5.69 Å². The number of amides is 1. The molecule has 0 unspecified atom stereocenters. The standard InChI is InChI=1S/C26H22BrIN2O4S/c1-3-33-20-10-8-19(9-11-20)29-26-30-25(31)23(35-26)14-17-12-21(27)24(22(13-17)32-2)34-15-16-4-6-18(28)7-5-16/h4-14H,3,15H2,1-2H3,(H,29,30,31)/b23-14+. The first-order valence-electron chi connectivity index (χ1n) is 10.7. The van der Waals surface area contributed by atoms with E-state index in [2.05, 4.69) is 48.8 Å². The van der Waals surface area contributed by atoms with E-state index in [0.717, 1.165) is 27.0 Å². The summed E-state index contributed by atoms with van der Waals surface area (Å²) in [6, 6.07) is 19.3. The van der Waals surface area contributed by atoms with Gasteiger partial charge in [-0.25, -0.2) is 4.99 Å². The minimum Gasteiger partial charge on any atom is -0.494 e. The minimum atomic E-state index is -0.200. The Hall–Kier alpha value is -2.50. The molecular weight excluding hydrogens is 643 g/mol. The molecule has 0 radical (unpaired) electrons. The van der Waals surface area contributed by atoms with Crippen molar-refractivity contribution in [2.45, 2.75) is 13.5 Å². The van der Waals surface area contributed by atoms with Crippen molar-refractivity contribution in [3.63, 3.8) is 0 Å². The third-order valence-corrected chi connectivity index (χ3v) is 7.09. The SMILES string of the molecule is CCOc1ccc(N=C2NC(=O)/C(=C\c3cc(Br)c(OCc4ccc(I)cc4)c(OC)c3)S2)cc1. The Morgan fingerprint density at radius 1 is 1.09 bits per heavy atom. The Labute approximate surface area is 230 Å². The molecule has 9 heteroatoms. The molecule has 0 bridgehead atoms. The van der Waals surface area contributed by atoms with Crippen molar-refractivity contribution in [3.05, 3.63) is 84.7 Å². The first-order chi connectivity index (χ1) is 16.9. The summed E-state index contributed by atoms with van der Waals surface area (Å²) in [5, 5.41) is 3.34. The van der Waals surface area contributed by atoms with E-state index in [1.54, 1.807) is 13.2 Å². The highest BCUT2D eigenvalue weighted by Crippen LogP contribution is 2.39. The molecule has 1 saturated heterocycles. The molecule has 0 saturated carbocycles. The summed E-state index contributed by atoms with van der Waals surface area (Å²) >= 11 is 7.14. The number of methoxy groups -OCH3 is 1. The molecule has 3 aromatic carbocycles. The lowest BCUT2D eigenvalue weighted by molar-refractivity contribution is -0.115. The van der Waals surface area contributed by atoms with Crippen LogP contribution in [0.5, 0.6) is 17.2 Å². The first kappa shape index (κ1) is 25.6. The predicted octanol–water partition coefficient (Wildman–Crippen LogP) is 6.93. The van der Waals surface area contributed by atoms with Crippen LogP contribution in [0.3, 0.4) is 0 Å². The van der Waals surface area contributed by atoms with E-state index >= 15 is 0 Å². The number of halogens is 2. The summed E-state index contributed by atoms with van der Waals surface area (Å²) < 4.78 is 19.0. The van der Waals surface area contributed by atoms with Gasteiger partial charge in [-0.3, -0.25) is 4.79 Å². The second kappa shape index (κ2) is 12.0. The average molecular weight is 665 g/mol. The molecule has 1 aliphatic rings. The number of nitrogens with zero attached hydrogens (tertiary/aromatic N) is 1. The molecule has 180 valence electrons. The fourth-order valence-corrected chi connectivity index (χ4v) is 5.01. The van der Waals surface area contributed by atoms with E-state index in [1.807, 2.05) is 67.6 Å². The van der Waals surface area contributed by atoms with E-state index in [0.29, 0.717) is 34.8 Å². The van der Waals surface area contributed by atoms with Gasteiger partial charge in [0, 0.05) is 3.57 Å². The van der Waals surface area contributed by atoms with Gasteiger partial charge in [0.1, 0.15) is 12.4 Å². The third-order valence-electron chi connectivity index (χ3n) is 4.88. The summed E-state index contributed by atoms with van der Waals surface area (Å²) in [5.41, 5.74) is 2.59. The molecule has 1 fully saturated rings. The number of benzene rings is 3. The van der Waals surface area contributed by atoms with Crippen molar-refractivity contribution in [1.29, 1.82) is 0 Å². The lowest BCUT2D eigenvalue weighted by Crippen LogP contribution is -2.19. The topological polar surface area (TPSA) is 69.2 Å². The van der Waals surface area contributed by atoms with Crippen molar-refractivity contribution in [2.24, 2.45) is 4.99 Å². The Balaban J connectivity index is 1.49. The Bertz CT molecular complexity index is 1280. The highest BCUT2D eigenvalue weighted by atomic mass is 127. The third kappa shape index (κ3) is 6.80. The fraction of sp³-hybridized carbons (Fsp3) is 0.154.